The number of primary amides is 1. The number of benzene rings is 2. The van der Waals surface area contributed by atoms with E-state index in [1.54, 1.807) is 0 Å². The second-order valence-electron chi connectivity index (χ2n) is 7.40. The van der Waals surface area contributed by atoms with Crippen LogP contribution in [0.1, 0.15) is 31.4 Å². The van der Waals surface area contributed by atoms with Crippen LogP contribution in [0.25, 0.3) is 0 Å². The van der Waals surface area contributed by atoms with Crippen molar-refractivity contribution in [2.45, 2.75) is 31.8 Å². The highest BCUT2D eigenvalue weighted by atomic mass is 35.5. The van der Waals surface area contributed by atoms with E-state index in [1.165, 1.54) is 0 Å². The Morgan fingerprint density at radius 1 is 1.17 bits per heavy atom. The maximum atomic E-state index is 12.6. The summed E-state index contributed by atoms with van der Waals surface area (Å²) < 4.78 is 5.86. The quantitative estimate of drug-likeness (QED) is 0.539. The average Bonchev–Trinajstić information content (AvgIpc) is 2.70. The zero-order valence-corrected chi connectivity index (χ0v) is 17.8. The molecule has 1 fully saturated rings. The molecule has 2 aromatic rings. The largest absolute Gasteiger partial charge is 0.457 e. The zero-order valence-electron chi connectivity index (χ0n) is 17.0. The van der Waals surface area contributed by atoms with Crippen molar-refractivity contribution in [3.8, 4) is 11.5 Å². The summed E-state index contributed by atoms with van der Waals surface area (Å²) in [5.74, 6) is 1.61. The van der Waals surface area contributed by atoms with E-state index >= 15 is 0 Å². The number of nitrogens with two attached hydrogens (primary N) is 1. The lowest BCUT2D eigenvalue weighted by Crippen LogP contribution is -2.50. The van der Waals surface area contributed by atoms with Gasteiger partial charge in [-0.25, -0.2) is 4.79 Å². The Bertz CT molecular complexity index is 834. The number of ether oxygens (including phenoxy) is 1. The minimum absolute atomic E-state index is 0. The van der Waals surface area contributed by atoms with Crippen molar-refractivity contribution < 1.29 is 14.3 Å². The van der Waals surface area contributed by atoms with E-state index in [2.05, 4.69) is 22.9 Å². The van der Waals surface area contributed by atoms with Crippen LogP contribution in [0.5, 0.6) is 11.5 Å². The first-order chi connectivity index (χ1) is 14.0. The van der Waals surface area contributed by atoms with Crippen LogP contribution >= 0.6 is 12.4 Å². The highest BCUT2D eigenvalue weighted by molar-refractivity contribution is 5.85. The summed E-state index contributed by atoms with van der Waals surface area (Å²) >= 11 is 0. The molecule has 0 aromatic heterocycles. The zero-order chi connectivity index (χ0) is 20.6. The van der Waals surface area contributed by atoms with Gasteiger partial charge in [0.2, 0.25) is 5.91 Å². The molecule has 3 rings (SSSR count). The van der Waals surface area contributed by atoms with Crippen molar-refractivity contribution in [2.24, 2.45) is 11.7 Å². The van der Waals surface area contributed by atoms with Gasteiger partial charge in [-0.3, -0.25) is 4.79 Å². The van der Waals surface area contributed by atoms with Gasteiger partial charge in [0.05, 0.1) is 12.5 Å². The van der Waals surface area contributed by atoms with Crippen LogP contribution in [-0.4, -0.2) is 31.1 Å². The lowest BCUT2D eigenvalue weighted by molar-refractivity contribution is -0.122. The SMILES string of the molecule is CC1CCNCC1NC(=O)CC(NC(N)=O)c1cccc(Oc2ccccc2)c1.Cl. The van der Waals surface area contributed by atoms with Gasteiger partial charge in [-0.2, -0.15) is 0 Å². The lowest BCUT2D eigenvalue weighted by atomic mass is 9.94. The van der Waals surface area contributed by atoms with Crippen molar-refractivity contribution in [2.75, 3.05) is 13.1 Å². The van der Waals surface area contributed by atoms with Gasteiger partial charge in [-0.05, 0) is 48.7 Å². The number of amides is 3. The summed E-state index contributed by atoms with van der Waals surface area (Å²) in [7, 11) is 0. The molecule has 3 unspecified atom stereocenters. The maximum Gasteiger partial charge on any atom is 0.312 e. The van der Waals surface area contributed by atoms with Crippen molar-refractivity contribution in [3.05, 3.63) is 60.2 Å². The molecule has 3 amide bonds. The molecule has 1 heterocycles. The van der Waals surface area contributed by atoms with E-state index in [9.17, 15) is 9.59 Å². The first kappa shape index (κ1) is 23.5. The number of para-hydroxylation sites is 1. The van der Waals surface area contributed by atoms with Crippen LogP contribution in [0, 0.1) is 5.92 Å². The summed E-state index contributed by atoms with van der Waals surface area (Å²) in [6.45, 7) is 3.85. The Kier molecular flexibility index (Phi) is 8.95. The molecule has 0 bridgehead atoms. The first-order valence-corrected chi connectivity index (χ1v) is 9.90. The van der Waals surface area contributed by atoms with E-state index < -0.39 is 12.1 Å². The molecule has 0 aliphatic carbocycles. The molecule has 5 N–H and O–H groups in total. The second kappa shape index (κ2) is 11.4. The van der Waals surface area contributed by atoms with Crippen molar-refractivity contribution in [1.29, 1.82) is 0 Å². The van der Waals surface area contributed by atoms with Gasteiger partial charge in [0.15, 0.2) is 0 Å². The van der Waals surface area contributed by atoms with Crippen LogP contribution in [0.15, 0.2) is 54.6 Å². The highest BCUT2D eigenvalue weighted by Crippen LogP contribution is 2.26. The lowest BCUT2D eigenvalue weighted by Gasteiger charge is -2.30. The summed E-state index contributed by atoms with van der Waals surface area (Å²) in [6, 6.07) is 15.6. The number of halogens is 1. The van der Waals surface area contributed by atoms with E-state index in [-0.39, 0.29) is 30.8 Å². The maximum absolute atomic E-state index is 12.6. The number of rotatable bonds is 7. The number of nitrogens with one attached hydrogen (secondary N) is 3. The predicted octanol–water partition coefficient (Wildman–Crippen LogP) is 3.11. The van der Waals surface area contributed by atoms with E-state index in [4.69, 9.17) is 10.5 Å². The predicted molar refractivity (Wildman–Crippen MR) is 119 cm³/mol. The van der Waals surface area contributed by atoms with E-state index in [1.807, 2.05) is 54.6 Å². The summed E-state index contributed by atoms with van der Waals surface area (Å²) in [5, 5.41) is 9.04. The molecule has 0 spiro atoms. The normalized spacial score (nSPS) is 19.1. The third-order valence-electron chi connectivity index (χ3n) is 5.12. The third kappa shape index (κ3) is 6.93. The number of urea groups is 1. The van der Waals surface area contributed by atoms with Crippen LogP contribution in [0.2, 0.25) is 0 Å². The van der Waals surface area contributed by atoms with Crippen molar-refractivity contribution in [1.82, 2.24) is 16.0 Å². The Morgan fingerprint density at radius 2 is 1.90 bits per heavy atom. The van der Waals surface area contributed by atoms with Gasteiger partial charge < -0.3 is 26.4 Å². The molecule has 1 aliphatic heterocycles. The van der Waals surface area contributed by atoms with Crippen molar-refractivity contribution >= 4 is 24.3 Å². The van der Waals surface area contributed by atoms with Gasteiger partial charge in [0.25, 0.3) is 0 Å². The summed E-state index contributed by atoms with van der Waals surface area (Å²) in [5.41, 5.74) is 6.10. The molecular formula is C22H29ClN4O3. The minimum Gasteiger partial charge on any atom is -0.457 e. The number of carbonyl (C=O) groups excluding carboxylic acids is 2. The van der Waals surface area contributed by atoms with Gasteiger partial charge in [0.1, 0.15) is 11.5 Å². The Balaban J connectivity index is 0.00000320. The van der Waals surface area contributed by atoms with Crippen LogP contribution in [0.3, 0.4) is 0 Å². The standard InChI is InChI=1S/C22H28N4O3.ClH/c1-15-10-11-24-14-20(15)25-21(27)13-19(26-22(23)28)16-6-5-9-18(12-16)29-17-7-3-2-4-8-17;/h2-9,12,15,19-20,24H,10-11,13-14H2,1H3,(H,25,27)(H3,23,26,28);1H. The van der Waals surface area contributed by atoms with Gasteiger partial charge in [-0.15, -0.1) is 12.4 Å². The fourth-order valence-electron chi connectivity index (χ4n) is 3.48. The monoisotopic (exact) mass is 432 g/mol. The van der Waals surface area contributed by atoms with Crippen LogP contribution in [0.4, 0.5) is 4.79 Å². The first-order valence-electron chi connectivity index (χ1n) is 9.90. The Hall–Kier alpha value is -2.77. The van der Waals surface area contributed by atoms with E-state index in [0.717, 1.165) is 25.1 Å². The molecule has 7 nitrogen and oxygen atoms in total. The molecule has 2 aromatic carbocycles. The topological polar surface area (TPSA) is 105 Å². The van der Waals surface area contributed by atoms with Gasteiger partial charge >= 0.3 is 6.03 Å². The van der Waals surface area contributed by atoms with Crippen molar-refractivity contribution in [3.63, 3.8) is 0 Å². The molecule has 3 atom stereocenters. The number of hydrogen-bond acceptors (Lipinski definition) is 4. The van der Waals surface area contributed by atoms with E-state index in [0.29, 0.717) is 17.4 Å². The minimum atomic E-state index is -0.676. The van der Waals surface area contributed by atoms with Crippen LogP contribution in [-0.2, 0) is 4.79 Å². The average molecular weight is 433 g/mol. The fraction of sp³-hybridized carbons (Fsp3) is 0.364. The second-order valence-corrected chi connectivity index (χ2v) is 7.40. The molecule has 0 saturated carbocycles. The van der Waals surface area contributed by atoms with Gasteiger partial charge in [-0.1, -0.05) is 37.3 Å². The fourth-order valence-corrected chi connectivity index (χ4v) is 3.48. The number of piperidine rings is 1. The highest BCUT2D eigenvalue weighted by Gasteiger charge is 2.25. The van der Waals surface area contributed by atoms with Crippen LogP contribution < -0.4 is 26.4 Å². The summed E-state index contributed by atoms with van der Waals surface area (Å²) in [4.78, 5) is 24.2. The Labute approximate surface area is 183 Å². The molecule has 1 aliphatic rings. The van der Waals surface area contributed by atoms with Gasteiger partial charge in [0, 0.05) is 12.6 Å². The summed E-state index contributed by atoms with van der Waals surface area (Å²) in [6.07, 6.45) is 1.12. The molecular weight excluding hydrogens is 404 g/mol. The number of carbonyl (C=O) groups is 2. The molecule has 0 radical (unpaired) electrons. The molecule has 30 heavy (non-hydrogen) atoms. The molecule has 162 valence electrons. The number of hydrogen-bond donors (Lipinski definition) is 4. The smallest absolute Gasteiger partial charge is 0.312 e. The molecule has 1 saturated heterocycles. The Morgan fingerprint density at radius 3 is 2.60 bits per heavy atom. The molecule has 8 heteroatoms. The third-order valence-corrected chi connectivity index (χ3v) is 5.12.